The molecular formula is C22H19NO3. The monoisotopic (exact) mass is 345 g/mol. The van der Waals surface area contributed by atoms with Crippen LogP contribution in [0.15, 0.2) is 36.4 Å². The van der Waals surface area contributed by atoms with Crippen molar-refractivity contribution in [3.05, 3.63) is 64.3 Å². The predicted octanol–water partition coefficient (Wildman–Crippen LogP) is 3.39. The maximum absolute atomic E-state index is 13.2. The molecule has 0 spiro atoms. The lowest BCUT2D eigenvalue weighted by molar-refractivity contribution is 0.103. The van der Waals surface area contributed by atoms with E-state index in [0.29, 0.717) is 16.9 Å². The number of benzene rings is 2. The van der Waals surface area contributed by atoms with Crippen molar-refractivity contribution in [2.24, 2.45) is 0 Å². The number of rotatable bonds is 3. The molecule has 130 valence electrons. The van der Waals surface area contributed by atoms with E-state index in [-0.39, 0.29) is 19.0 Å². The van der Waals surface area contributed by atoms with Gasteiger partial charge in [-0.25, -0.2) is 0 Å². The zero-order chi connectivity index (χ0) is 18.5. The smallest absolute Gasteiger partial charge is 0.195 e. The van der Waals surface area contributed by atoms with E-state index >= 15 is 0 Å². The summed E-state index contributed by atoms with van der Waals surface area (Å²) in [6, 6.07) is 11.2. The Morgan fingerprint density at radius 3 is 2.77 bits per heavy atom. The number of aliphatic hydroxyl groups excluding tert-OH is 1. The highest BCUT2D eigenvalue weighted by Crippen LogP contribution is 2.44. The number of carbonyl (C=O) groups is 1. The lowest BCUT2D eigenvalue weighted by Crippen LogP contribution is -2.30. The average Bonchev–Trinajstić information content (AvgIpc) is 3.04. The van der Waals surface area contributed by atoms with Crippen LogP contribution in [0.5, 0.6) is 5.75 Å². The second-order valence-corrected chi connectivity index (χ2v) is 7.01. The van der Waals surface area contributed by atoms with Crippen LogP contribution in [0.3, 0.4) is 0 Å². The van der Waals surface area contributed by atoms with Crippen molar-refractivity contribution in [3.8, 4) is 18.1 Å². The van der Waals surface area contributed by atoms with Crippen molar-refractivity contribution < 1.29 is 14.6 Å². The van der Waals surface area contributed by atoms with E-state index in [1.165, 1.54) is 0 Å². The number of terminal acetylenes is 1. The third kappa shape index (κ3) is 2.25. The van der Waals surface area contributed by atoms with Crippen LogP contribution in [0, 0.1) is 12.3 Å². The van der Waals surface area contributed by atoms with Gasteiger partial charge in [-0.2, -0.15) is 0 Å². The van der Waals surface area contributed by atoms with Crippen LogP contribution < -0.4 is 4.74 Å². The Labute approximate surface area is 151 Å². The molecule has 3 aromatic rings. The fourth-order valence-electron chi connectivity index (χ4n) is 3.75. The Kier molecular flexibility index (Phi) is 3.64. The van der Waals surface area contributed by atoms with E-state index in [2.05, 4.69) is 24.8 Å². The number of fused-ring (bicyclic) bond motifs is 4. The molecule has 1 aliphatic rings. The summed E-state index contributed by atoms with van der Waals surface area (Å²) in [5.74, 6) is 3.28. The number of ether oxygens (including phenoxy) is 1. The molecule has 0 saturated carbocycles. The van der Waals surface area contributed by atoms with E-state index in [4.69, 9.17) is 16.3 Å². The molecule has 1 aromatic heterocycles. The van der Waals surface area contributed by atoms with Crippen LogP contribution in [-0.4, -0.2) is 29.1 Å². The normalized spacial score (nSPS) is 14.6. The highest BCUT2D eigenvalue weighted by molar-refractivity contribution is 6.20. The molecule has 0 atom stereocenters. The molecular weight excluding hydrogens is 326 g/mol. The highest BCUT2D eigenvalue weighted by atomic mass is 16.5. The van der Waals surface area contributed by atoms with Crippen molar-refractivity contribution in [3.63, 3.8) is 0 Å². The van der Waals surface area contributed by atoms with Gasteiger partial charge in [0.05, 0.1) is 12.2 Å². The summed E-state index contributed by atoms with van der Waals surface area (Å²) in [5.41, 5.74) is 4.44. The third-order valence-corrected chi connectivity index (χ3v) is 5.09. The molecule has 0 bridgehead atoms. The summed E-state index contributed by atoms with van der Waals surface area (Å²) in [6.07, 6.45) is 5.51. The molecule has 4 rings (SSSR count). The Hall–Kier alpha value is -3.03. The fraction of sp³-hybridized carbons (Fsp3) is 0.227. The number of aromatic nitrogens is 1. The number of H-pyrrole nitrogens is 1. The minimum absolute atomic E-state index is 0.00254. The molecule has 1 aliphatic carbocycles. The average molecular weight is 345 g/mol. The van der Waals surface area contributed by atoms with Gasteiger partial charge in [0.1, 0.15) is 12.4 Å². The third-order valence-electron chi connectivity index (χ3n) is 5.09. The van der Waals surface area contributed by atoms with Gasteiger partial charge in [0.15, 0.2) is 5.78 Å². The first kappa shape index (κ1) is 16.4. The summed E-state index contributed by atoms with van der Waals surface area (Å²) in [6.45, 7) is 4.34. The summed E-state index contributed by atoms with van der Waals surface area (Å²) in [5, 5.41) is 9.86. The minimum atomic E-state index is -0.396. The second-order valence-electron chi connectivity index (χ2n) is 7.01. The van der Waals surface area contributed by atoms with E-state index in [0.717, 1.165) is 27.7 Å². The number of nitrogens with one attached hydrogen (secondary N) is 1. The number of aromatic amines is 1. The zero-order valence-corrected chi connectivity index (χ0v) is 14.7. The number of hydrogen-bond acceptors (Lipinski definition) is 3. The first-order valence-corrected chi connectivity index (χ1v) is 8.53. The Morgan fingerprint density at radius 1 is 1.23 bits per heavy atom. The molecule has 0 saturated heterocycles. The van der Waals surface area contributed by atoms with Crippen LogP contribution in [0.4, 0.5) is 0 Å². The summed E-state index contributed by atoms with van der Waals surface area (Å²) in [4.78, 5) is 16.6. The first-order chi connectivity index (χ1) is 12.5. The molecule has 0 amide bonds. The maximum atomic E-state index is 13.2. The maximum Gasteiger partial charge on any atom is 0.195 e. The van der Waals surface area contributed by atoms with Gasteiger partial charge in [0.2, 0.25) is 0 Å². The molecule has 1 heterocycles. The van der Waals surface area contributed by atoms with Gasteiger partial charge >= 0.3 is 0 Å². The van der Waals surface area contributed by atoms with E-state index in [1.807, 2.05) is 30.3 Å². The van der Waals surface area contributed by atoms with Crippen LogP contribution in [-0.2, 0) is 5.41 Å². The van der Waals surface area contributed by atoms with Gasteiger partial charge < -0.3 is 14.8 Å². The molecule has 0 unspecified atom stereocenters. The lowest BCUT2D eigenvalue weighted by atomic mass is 9.71. The SMILES string of the molecule is C#Cc1ccc2c3c([nH]c2c1)C(C)(C)c1cc(OCCO)ccc1C3=O. The standard InChI is InChI=1S/C22H19NO3/c1-4-13-5-7-16-18(11-13)23-21-19(16)20(25)15-8-6-14(26-10-9-24)12-17(15)22(21,2)3/h1,5-8,11-12,23-24H,9-10H2,2-3H3. The van der Waals surface area contributed by atoms with Gasteiger partial charge in [0, 0.05) is 33.1 Å². The highest BCUT2D eigenvalue weighted by Gasteiger charge is 2.39. The molecule has 4 heteroatoms. The number of carbonyl (C=O) groups excluding carboxylic acids is 1. The Balaban J connectivity index is 1.93. The van der Waals surface area contributed by atoms with Crippen LogP contribution in [0.25, 0.3) is 10.9 Å². The van der Waals surface area contributed by atoms with Crippen molar-refractivity contribution >= 4 is 16.7 Å². The van der Waals surface area contributed by atoms with Crippen molar-refractivity contribution in [1.29, 1.82) is 0 Å². The lowest BCUT2D eigenvalue weighted by Gasteiger charge is -2.32. The Bertz CT molecular complexity index is 1080. The van der Waals surface area contributed by atoms with Gasteiger partial charge in [-0.05, 0) is 35.9 Å². The predicted molar refractivity (Wildman–Crippen MR) is 101 cm³/mol. The van der Waals surface area contributed by atoms with Crippen LogP contribution in [0.1, 0.15) is 46.6 Å². The molecule has 0 radical (unpaired) electrons. The van der Waals surface area contributed by atoms with Crippen molar-refractivity contribution in [2.45, 2.75) is 19.3 Å². The van der Waals surface area contributed by atoms with Gasteiger partial charge in [-0.1, -0.05) is 25.8 Å². The zero-order valence-electron chi connectivity index (χ0n) is 14.7. The van der Waals surface area contributed by atoms with Gasteiger partial charge in [0.25, 0.3) is 0 Å². The van der Waals surface area contributed by atoms with Gasteiger partial charge in [-0.15, -0.1) is 6.42 Å². The van der Waals surface area contributed by atoms with E-state index in [9.17, 15) is 4.79 Å². The van der Waals surface area contributed by atoms with Crippen molar-refractivity contribution in [2.75, 3.05) is 13.2 Å². The summed E-state index contributed by atoms with van der Waals surface area (Å²) in [7, 11) is 0. The number of hydrogen-bond donors (Lipinski definition) is 2. The van der Waals surface area contributed by atoms with E-state index in [1.54, 1.807) is 6.07 Å². The fourth-order valence-corrected chi connectivity index (χ4v) is 3.75. The molecule has 2 aromatic carbocycles. The van der Waals surface area contributed by atoms with Gasteiger partial charge in [-0.3, -0.25) is 4.79 Å². The molecule has 0 fully saturated rings. The van der Waals surface area contributed by atoms with E-state index < -0.39 is 5.41 Å². The topological polar surface area (TPSA) is 62.3 Å². The molecule has 0 aliphatic heterocycles. The minimum Gasteiger partial charge on any atom is -0.491 e. The quantitative estimate of drug-likeness (QED) is 0.715. The molecule has 26 heavy (non-hydrogen) atoms. The second kappa shape index (κ2) is 5.76. The van der Waals surface area contributed by atoms with Crippen molar-refractivity contribution in [1.82, 2.24) is 4.98 Å². The molecule has 4 nitrogen and oxygen atoms in total. The van der Waals surface area contributed by atoms with Crippen LogP contribution >= 0.6 is 0 Å². The molecule has 2 N–H and O–H groups in total. The number of ketones is 1. The first-order valence-electron chi connectivity index (χ1n) is 8.53. The largest absolute Gasteiger partial charge is 0.491 e. The summed E-state index contributed by atoms with van der Waals surface area (Å²) >= 11 is 0. The summed E-state index contributed by atoms with van der Waals surface area (Å²) < 4.78 is 5.53. The van der Waals surface area contributed by atoms with Crippen LogP contribution in [0.2, 0.25) is 0 Å². The Morgan fingerprint density at radius 2 is 2.04 bits per heavy atom. The number of aliphatic hydroxyl groups is 1.